The third kappa shape index (κ3) is 4.43. The normalized spacial score (nSPS) is 11.6. The van der Waals surface area contributed by atoms with Crippen LogP contribution < -0.4 is 5.32 Å². The van der Waals surface area contributed by atoms with Crippen molar-refractivity contribution in [1.29, 1.82) is 0 Å². The fourth-order valence-corrected chi connectivity index (χ4v) is 3.42. The van der Waals surface area contributed by atoms with E-state index < -0.39 is 0 Å². The van der Waals surface area contributed by atoms with Gasteiger partial charge in [0.05, 0.1) is 22.4 Å². The van der Waals surface area contributed by atoms with Crippen molar-refractivity contribution in [2.45, 2.75) is 26.3 Å². The molecule has 2 rings (SSSR count). The number of carbonyl (C=O) groups excluding carboxylic acids is 1. The van der Waals surface area contributed by atoms with Gasteiger partial charge in [0, 0.05) is 16.2 Å². The van der Waals surface area contributed by atoms with Gasteiger partial charge in [-0.2, -0.15) is 0 Å². The van der Waals surface area contributed by atoms with Gasteiger partial charge in [-0.25, -0.2) is 0 Å². The molecule has 0 aromatic carbocycles. The minimum atomic E-state index is -0.0752. The highest BCUT2D eigenvalue weighted by Gasteiger charge is 2.14. The first kappa shape index (κ1) is 15.8. The number of aliphatic hydroxyl groups is 1. The molecule has 2 aromatic heterocycles. The Hall–Kier alpha value is -1.61. The van der Waals surface area contributed by atoms with Gasteiger partial charge in [-0.3, -0.25) is 4.79 Å². The smallest absolute Gasteiger partial charge is 0.261 e. The van der Waals surface area contributed by atoms with Crippen LogP contribution in [0.5, 0.6) is 0 Å². The van der Waals surface area contributed by atoms with Crippen LogP contribution in [0, 0.1) is 18.8 Å². The highest BCUT2D eigenvalue weighted by atomic mass is 32.1. The molecular formula is C16H17NO2S2. The minimum absolute atomic E-state index is 0.00206. The highest BCUT2D eigenvalue weighted by molar-refractivity contribution is 7.14. The Balaban J connectivity index is 1.99. The van der Waals surface area contributed by atoms with E-state index in [-0.39, 0.29) is 18.6 Å². The van der Waals surface area contributed by atoms with Crippen LogP contribution in [0.3, 0.4) is 0 Å². The van der Waals surface area contributed by atoms with Crippen LogP contribution in [-0.2, 0) is 0 Å². The summed E-state index contributed by atoms with van der Waals surface area (Å²) in [4.78, 5) is 16.1. The Labute approximate surface area is 132 Å². The molecule has 2 aromatic rings. The summed E-state index contributed by atoms with van der Waals surface area (Å²) in [6.07, 6.45) is 0.453. The number of amides is 1. The second-order valence-corrected chi connectivity index (χ2v) is 6.99. The second-order valence-electron chi connectivity index (χ2n) is 4.58. The maximum absolute atomic E-state index is 12.2. The van der Waals surface area contributed by atoms with Crippen LogP contribution in [0.4, 0.5) is 0 Å². The van der Waals surface area contributed by atoms with Gasteiger partial charge < -0.3 is 10.4 Å². The van der Waals surface area contributed by atoms with Crippen molar-refractivity contribution in [3.8, 4) is 11.8 Å². The zero-order valence-electron chi connectivity index (χ0n) is 12.0. The molecule has 0 spiro atoms. The Morgan fingerprint density at radius 3 is 2.81 bits per heavy atom. The first-order chi connectivity index (χ1) is 10.1. The van der Waals surface area contributed by atoms with Crippen molar-refractivity contribution < 1.29 is 9.90 Å². The van der Waals surface area contributed by atoms with Crippen molar-refractivity contribution in [3.63, 3.8) is 0 Å². The van der Waals surface area contributed by atoms with Gasteiger partial charge in [0.2, 0.25) is 0 Å². The summed E-state index contributed by atoms with van der Waals surface area (Å²) in [5.41, 5.74) is 0. The van der Waals surface area contributed by atoms with E-state index in [1.807, 2.05) is 19.1 Å². The molecule has 1 unspecified atom stereocenters. The van der Waals surface area contributed by atoms with Gasteiger partial charge in [0.15, 0.2) is 0 Å². The van der Waals surface area contributed by atoms with Crippen LogP contribution in [-0.4, -0.2) is 17.6 Å². The topological polar surface area (TPSA) is 49.3 Å². The summed E-state index contributed by atoms with van der Waals surface area (Å²) in [5.74, 6) is 5.72. The SMILES string of the molecule is Cc1ccc(C(C)NC(=O)c2ccc(C#CCCO)s2)s1. The molecule has 0 radical (unpaired) electrons. The molecule has 5 heteroatoms. The first-order valence-corrected chi connectivity index (χ1v) is 8.30. The number of thiophene rings is 2. The predicted molar refractivity (Wildman–Crippen MR) is 87.8 cm³/mol. The van der Waals surface area contributed by atoms with Crippen LogP contribution >= 0.6 is 22.7 Å². The summed E-state index contributed by atoms with van der Waals surface area (Å²) in [6.45, 7) is 4.10. The van der Waals surface area contributed by atoms with E-state index in [2.05, 4.69) is 30.1 Å². The number of aliphatic hydroxyl groups excluding tert-OH is 1. The summed E-state index contributed by atoms with van der Waals surface area (Å²) >= 11 is 3.06. The molecule has 0 aliphatic carbocycles. The summed E-state index contributed by atoms with van der Waals surface area (Å²) in [5, 5.41) is 11.7. The van der Waals surface area contributed by atoms with Crippen LogP contribution in [0.15, 0.2) is 24.3 Å². The van der Waals surface area contributed by atoms with Crippen LogP contribution in [0.25, 0.3) is 0 Å². The molecule has 3 nitrogen and oxygen atoms in total. The Morgan fingerprint density at radius 2 is 2.14 bits per heavy atom. The van der Waals surface area contributed by atoms with Gasteiger partial charge in [-0.1, -0.05) is 11.8 Å². The molecule has 0 aliphatic rings. The predicted octanol–water partition coefficient (Wildman–Crippen LogP) is 3.34. The van der Waals surface area contributed by atoms with Crippen molar-refractivity contribution in [2.24, 2.45) is 0 Å². The van der Waals surface area contributed by atoms with Crippen LogP contribution in [0.2, 0.25) is 0 Å². The molecular weight excluding hydrogens is 302 g/mol. The average molecular weight is 319 g/mol. The number of carbonyl (C=O) groups is 1. The standard InChI is InChI=1S/C16H17NO2S2/c1-11-6-8-14(20-11)12(2)17-16(19)15-9-7-13(21-15)5-3-4-10-18/h6-9,12,18H,4,10H2,1-2H3,(H,17,19). The summed E-state index contributed by atoms with van der Waals surface area (Å²) in [6, 6.07) is 7.73. The largest absolute Gasteiger partial charge is 0.395 e. The third-order valence-electron chi connectivity index (χ3n) is 2.81. The van der Waals surface area contributed by atoms with E-state index >= 15 is 0 Å². The Morgan fingerprint density at radius 1 is 1.33 bits per heavy atom. The van der Waals surface area contributed by atoms with E-state index in [1.54, 1.807) is 17.4 Å². The van der Waals surface area contributed by atoms with E-state index in [1.165, 1.54) is 16.2 Å². The van der Waals surface area contributed by atoms with Crippen molar-refractivity contribution in [2.75, 3.05) is 6.61 Å². The number of hydrogen-bond donors (Lipinski definition) is 2. The zero-order chi connectivity index (χ0) is 15.2. The fraction of sp³-hybridized carbons (Fsp3) is 0.312. The lowest BCUT2D eigenvalue weighted by molar-refractivity contribution is 0.0944. The molecule has 1 atom stereocenters. The van der Waals surface area contributed by atoms with E-state index in [4.69, 9.17) is 5.11 Å². The molecule has 0 saturated carbocycles. The maximum Gasteiger partial charge on any atom is 0.261 e. The number of aryl methyl sites for hydroxylation is 1. The molecule has 110 valence electrons. The molecule has 0 fully saturated rings. The molecule has 0 aliphatic heterocycles. The second kappa shape index (κ2) is 7.41. The lowest BCUT2D eigenvalue weighted by atomic mass is 10.2. The Bertz CT molecular complexity index is 676. The highest BCUT2D eigenvalue weighted by Crippen LogP contribution is 2.23. The summed E-state index contributed by atoms with van der Waals surface area (Å²) in [7, 11) is 0. The quantitative estimate of drug-likeness (QED) is 0.849. The van der Waals surface area contributed by atoms with Crippen molar-refractivity contribution in [1.82, 2.24) is 5.32 Å². The molecule has 1 amide bonds. The molecule has 21 heavy (non-hydrogen) atoms. The number of rotatable bonds is 4. The van der Waals surface area contributed by atoms with E-state index in [9.17, 15) is 4.79 Å². The lowest BCUT2D eigenvalue weighted by Crippen LogP contribution is -2.25. The zero-order valence-corrected chi connectivity index (χ0v) is 13.6. The van der Waals surface area contributed by atoms with Crippen molar-refractivity contribution >= 4 is 28.6 Å². The number of nitrogens with one attached hydrogen (secondary N) is 1. The van der Waals surface area contributed by atoms with Gasteiger partial charge in [0.25, 0.3) is 5.91 Å². The Kier molecular flexibility index (Phi) is 5.57. The van der Waals surface area contributed by atoms with E-state index in [0.717, 1.165) is 9.75 Å². The van der Waals surface area contributed by atoms with Gasteiger partial charge in [0.1, 0.15) is 0 Å². The minimum Gasteiger partial charge on any atom is -0.395 e. The maximum atomic E-state index is 12.2. The summed E-state index contributed by atoms with van der Waals surface area (Å²) < 4.78 is 0. The average Bonchev–Trinajstić information content (AvgIpc) is 3.08. The molecule has 2 heterocycles. The van der Waals surface area contributed by atoms with Crippen LogP contribution in [0.1, 0.15) is 43.7 Å². The van der Waals surface area contributed by atoms with Crippen molar-refractivity contribution in [3.05, 3.63) is 43.8 Å². The third-order valence-corrected chi connectivity index (χ3v) is 5.00. The molecule has 0 bridgehead atoms. The molecule has 2 N–H and O–H groups in total. The molecule has 0 saturated heterocycles. The number of hydrogen-bond acceptors (Lipinski definition) is 4. The fourth-order valence-electron chi connectivity index (χ4n) is 1.76. The van der Waals surface area contributed by atoms with E-state index in [0.29, 0.717) is 11.3 Å². The van der Waals surface area contributed by atoms with Gasteiger partial charge in [-0.05, 0) is 38.1 Å². The lowest BCUT2D eigenvalue weighted by Gasteiger charge is -2.10. The monoisotopic (exact) mass is 319 g/mol. The van der Waals surface area contributed by atoms with Gasteiger partial charge >= 0.3 is 0 Å². The first-order valence-electron chi connectivity index (χ1n) is 6.67. The van der Waals surface area contributed by atoms with Gasteiger partial charge in [-0.15, -0.1) is 22.7 Å².